The number of rotatable bonds is 2. The molecule has 0 saturated carbocycles. The predicted molar refractivity (Wildman–Crippen MR) is 67.2 cm³/mol. The number of halogens is 1. The zero-order valence-corrected chi connectivity index (χ0v) is 10.1. The van der Waals surface area contributed by atoms with Gasteiger partial charge in [0.1, 0.15) is 5.82 Å². The standard InChI is InChI=1S/C14H12FNO2/c1-9-13(10-3-5-12(15)6-4-10)14(18)11(8-17)7-16(9)2/h3-8H,1-2H3. The summed E-state index contributed by atoms with van der Waals surface area (Å²) < 4.78 is 14.6. The van der Waals surface area contributed by atoms with Crippen molar-refractivity contribution in [3.63, 3.8) is 0 Å². The van der Waals surface area contributed by atoms with Crippen LogP contribution in [0.5, 0.6) is 0 Å². The van der Waals surface area contributed by atoms with Gasteiger partial charge >= 0.3 is 0 Å². The molecule has 0 fully saturated rings. The lowest BCUT2D eigenvalue weighted by Gasteiger charge is -2.11. The monoisotopic (exact) mass is 245 g/mol. The van der Waals surface area contributed by atoms with E-state index in [-0.39, 0.29) is 16.8 Å². The van der Waals surface area contributed by atoms with Gasteiger partial charge in [-0.05, 0) is 24.6 Å². The van der Waals surface area contributed by atoms with E-state index in [1.165, 1.54) is 30.5 Å². The van der Waals surface area contributed by atoms with Crippen molar-refractivity contribution in [3.05, 3.63) is 57.8 Å². The van der Waals surface area contributed by atoms with Crippen LogP contribution in [0.4, 0.5) is 4.39 Å². The molecule has 1 aromatic carbocycles. The Morgan fingerprint density at radius 1 is 1.22 bits per heavy atom. The number of nitrogens with zero attached hydrogens (tertiary/aromatic N) is 1. The van der Waals surface area contributed by atoms with Crippen molar-refractivity contribution in [3.8, 4) is 11.1 Å². The van der Waals surface area contributed by atoms with Crippen LogP contribution in [-0.2, 0) is 7.05 Å². The average Bonchev–Trinajstić information content (AvgIpc) is 2.36. The SMILES string of the molecule is Cc1c(-c2ccc(F)cc2)c(=O)c(C=O)cn1C. The quantitative estimate of drug-likeness (QED) is 0.761. The molecule has 4 heteroatoms. The van der Waals surface area contributed by atoms with Gasteiger partial charge in [0.15, 0.2) is 11.7 Å². The number of aldehydes is 1. The van der Waals surface area contributed by atoms with Gasteiger partial charge in [0, 0.05) is 24.5 Å². The lowest BCUT2D eigenvalue weighted by molar-refractivity contribution is 0.112. The van der Waals surface area contributed by atoms with Gasteiger partial charge in [0.05, 0.1) is 5.56 Å². The second kappa shape index (κ2) is 4.56. The smallest absolute Gasteiger partial charge is 0.200 e. The fourth-order valence-electron chi connectivity index (χ4n) is 1.89. The molecular formula is C14H12FNO2. The van der Waals surface area contributed by atoms with Crippen LogP contribution in [0.2, 0.25) is 0 Å². The summed E-state index contributed by atoms with van der Waals surface area (Å²) in [7, 11) is 1.76. The van der Waals surface area contributed by atoms with Crippen LogP contribution >= 0.6 is 0 Å². The molecule has 0 bridgehead atoms. The van der Waals surface area contributed by atoms with E-state index in [2.05, 4.69) is 0 Å². The third-order valence-electron chi connectivity index (χ3n) is 2.97. The van der Waals surface area contributed by atoms with Crippen molar-refractivity contribution in [1.29, 1.82) is 0 Å². The minimum absolute atomic E-state index is 0.0995. The van der Waals surface area contributed by atoms with Crippen molar-refractivity contribution >= 4 is 6.29 Å². The van der Waals surface area contributed by atoms with Crippen LogP contribution in [-0.4, -0.2) is 10.9 Å². The molecule has 2 aromatic rings. The first-order chi connectivity index (χ1) is 8.54. The average molecular weight is 245 g/mol. The summed E-state index contributed by atoms with van der Waals surface area (Å²) in [5, 5.41) is 0. The highest BCUT2D eigenvalue weighted by Gasteiger charge is 2.12. The van der Waals surface area contributed by atoms with Gasteiger partial charge in [0.25, 0.3) is 0 Å². The van der Waals surface area contributed by atoms with Crippen molar-refractivity contribution in [2.24, 2.45) is 7.05 Å². The minimum atomic E-state index is -0.361. The van der Waals surface area contributed by atoms with Gasteiger partial charge in [0.2, 0.25) is 0 Å². The van der Waals surface area contributed by atoms with Gasteiger partial charge in [-0.15, -0.1) is 0 Å². The number of hydrogen-bond donors (Lipinski definition) is 0. The van der Waals surface area contributed by atoms with Crippen molar-refractivity contribution in [2.75, 3.05) is 0 Å². The molecule has 0 radical (unpaired) electrons. The molecule has 1 aromatic heterocycles. The molecule has 3 nitrogen and oxygen atoms in total. The summed E-state index contributed by atoms with van der Waals surface area (Å²) in [5.41, 5.74) is 1.55. The van der Waals surface area contributed by atoms with Crippen molar-refractivity contribution in [2.45, 2.75) is 6.92 Å². The molecule has 92 valence electrons. The molecule has 18 heavy (non-hydrogen) atoms. The molecular weight excluding hydrogens is 233 g/mol. The fourth-order valence-corrected chi connectivity index (χ4v) is 1.89. The Kier molecular flexibility index (Phi) is 3.10. The van der Waals surface area contributed by atoms with Gasteiger partial charge in [-0.25, -0.2) is 4.39 Å². The van der Waals surface area contributed by atoms with E-state index in [9.17, 15) is 14.0 Å². The zero-order valence-electron chi connectivity index (χ0n) is 10.1. The Morgan fingerprint density at radius 2 is 1.83 bits per heavy atom. The molecule has 0 amide bonds. The van der Waals surface area contributed by atoms with E-state index < -0.39 is 0 Å². The molecule has 0 spiro atoms. The van der Waals surface area contributed by atoms with Gasteiger partial charge < -0.3 is 4.57 Å². The summed E-state index contributed by atoms with van der Waals surface area (Å²) in [6.45, 7) is 1.79. The van der Waals surface area contributed by atoms with Crippen LogP contribution in [0, 0.1) is 12.7 Å². The van der Waals surface area contributed by atoms with Crippen LogP contribution < -0.4 is 5.43 Å². The second-order valence-corrected chi connectivity index (χ2v) is 4.11. The molecule has 2 rings (SSSR count). The largest absolute Gasteiger partial charge is 0.353 e. The number of pyridine rings is 1. The number of carbonyl (C=O) groups excluding carboxylic acids is 1. The van der Waals surface area contributed by atoms with Gasteiger partial charge in [-0.3, -0.25) is 9.59 Å². The first-order valence-electron chi connectivity index (χ1n) is 5.46. The highest BCUT2D eigenvalue weighted by atomic mass is 19.1. The van der Waals surface area contributed by atoms with E-state index >= 15 is 0 Å². The third-order valence-corrected chi connectivity index (χ3v) is 2.97. The molecule has 0 N–H and O–H groups in total. The summed E-state index contributed by atoms with van der Waals surface area (Å²) in [5.74, 6) is -0.361. The second-order valence-electron chi connectivity index (χ2n) is 4.11. The fraction of sp³-hybridized carbons (Fsp3) is 0.143. The number of benzene rings is 1. The predicted octanol–water partition coefficient (Wildman–Crippen LogP) is 2.31. The zero-order chi connectivity index (χ0) is 13.3. The normalized spacial score (nSPS) is 10.4. The van der Waals surface area contributed by atoms with Gasteiger partial charge in [-0.2, -0.15) is 0 Å². The first-order valence-corrected chi connectivity index (χ1v) is 5.46. The summed E-state index contributed by atoms with van der Waals surface area (Å²) in [4.78, 5) is 23.0. The van der Waals surface area contributed by atoms with E-state index in [1.807, 2.05) is 0 Å². The Morgan fingerprint density at radius 3 is 2.39 bits per heavy atom. The maximum atomic E-state index is 12.9. The van der Waals surface area contributed by atoms with Crippen LogP contribution in [0.1, 0.15) is 16.1 Å². The van der Waals surface area contributed by atoms with E-state index in [1.54, 1.807) is 18.5 Å². The lowest BCUT2D eigenvalue weighted by Crippen LogP contribution is -2.17. The Labute approximate surface area is 104 Å². The third kappa shape index (κ3) is 1.97. The highest BCUT2D eigenvalue weighted by molar-refractivity contribution is 5.79. The van der Waals surface area contributed by atoms with Crippen molar-refractivity contribution < 1.29 is 9.18 Å². The molecule has 0 aliphatic rings. The number of aromatic nitrogens is 1. The molecule has 1 heterocycles. The number of aryl methyl sites for hydroxylation is 1. The molecule has 0 saturated heterocycles. The van der Waals surface area contributed by atoms with E-state index in [0.717, 1.165) is 5.69 Å². The topological polar surface area (TPSA) is 39.1 Å². The maximum Gasteiger partial charge on any atom is 0.200 e. The van der Waals surface area contributed by atoms with Crippen molar-refractivity contribution in [1.82, 2.24) is 4.57 Å². The Hall–Kier alpha value is -2.23. The van der Waals surface area contributed by atoms with Crippen LogP contribution in [0.15, 0.2) is 35.3 Å². The molecule has 0 aliphatic heterocycles. The van der Waals surface area contributed by atoms with E-state index in [4.69, 9.17) is 0 Å². The number of carbonyl (C=O) groups is 1. The molecule has 0 atom stereocenters. The summed E-state index contributed by atoms with van der Waals surface area (Å²) >= 11 is 0. The van der Waals surface area contributed by atoms with E-state index in [0.29, 0.717) is 17.4 Å². The first kappa shape index (κ1) is 12.2. The minimum Gasteiger partial charge on any atom is -0.353 e. The molecule has 0 unspecified atom stereocenters. The van der Waals surface area contributed by atoms with Crippen LogP contribution in [0.3, 0.4) is 0 Å². The lowest BCUT2D eigenvalue weighted by atomic mass is 10.0. The number of hydrogen-bond acceptors (Lipinski definition) is 2. The summed E-state index contributed by atoms with van der Waals surface area (Å²) in [6.07, 6.45) is 2.03. The van der Waals surface area contributed by atoms with Gasteiger partial charge in [-0.1, -0.05) is 12.1 Å². The molecule has 0 aliphatic carbocycles. The maximum absolute atomic E-state index is 12.9. The highest BCUT2D eigenvalue weighted by Crippen LogP contribution is 2.20. The van der Waals surface area contributed by atoms with Crippen LogP contribution in [0.25, 0.3) is 11.1 Å². The summed E-state index contributed by atoms with van der Waals surface area (Å²) in [6, 6.07) is 5.66. The Balaban J connectivity index is 2.77. The Bertz CT molecular complexity index is 657.